The van der Waals surface area contributed by atoms with Gasteiger partial charge in [0.15, 0.2) is 0 Å². The first-order valence-corrected chi connectivity index (χ1v) is 4.71. The van der Waals surface area contributed by atoms with E-state index < -0.39 is 0 Å². The molecule has 0 saturated carbocycles. The van der Waals surface area contributed by atoms with E-state index in [0.717, 1.165) is 12.1 Å². The van der Waals surface area contributed by atoms with Gasteiger partial charge in [0.2, 0.25) is 0 Å². The molecule has 2 heteroatoms. The van der Waals surface area contributed by atoms with Crippen molar-refractivity contribution in [3.8, 4) is 0 Å². The molecule has 0 bridgehead atoms. The van der Waals surface area contributed by atoms with E-state index >= 15 is 0 Å². The molecule has 0 spiro atoms. The predicted molar refractivity (Wildman–Crippen MR) is 57.5 cm³/mol. The Labute approximate surface area is 82.9 Å². The molecule has 2 nitrogen and oxygen atoms in total. The molecule has 2 heterocycles. The van der Waals surface area contributed by atoms with Gasteiger partial charge in [-0.1, -0.05) is 18.2 Å². The molecule has 0 fully saturated rings. The summed E-state index contributed by atoms with van der Waals surface area (Å²) >= 11 is 0. The fraction of sp³-hybridized carbons (Fsp3) is 0.0833. The topological polar surface area (TPSA) is 15.6 Å². The van der Waals surface area contributed by atoms with Crippen molar-refractivity contribution in [2.75, 3.05) is 0 Å². The Bertz CT molecular complexity index is 445. The van der Waals surface area contributed by atoms with Crippen LogP contribution in [0.1, 0.15) is 6.42 Å². The molecule has 0 atom stereocenters. The zero-order chi connectivity index (χ0) is 9.38. The summed E-state index contributed by atoms with van der Waals surface area (Å²) in [6.45, 7) is 0. The molecule has 0 N–H and O–H groups in total. The summed E-state index contributed by atoms with van der Waals surface area (Å²) < 4.78 is 0. The first-order chi connectivity index (χ1) is 6.93. The van der Waals surface area contributed by atoms with Gasteiger partial charge in [-0.3, -0.25) is 4.99 Å². The maximum absolute atomic E-state index is 4.11. The summed E-state index contributed by atoms with van der Waals surface area (Å²) in [7, 11) is 0. The Hall–Kier alpha value is -1.83. The molecule has 14 heavy (non-hydrogen) atoms. The van der Waals surface area contributed by atoms with E-state index in [9.17, 15) is 0 Å². The highest BCUT2D eigenvalue weighted by Gasteiger charge is 2.15. The van der Waals surface area contributed by atoms with Crippen molar-refractivity contribution in [3.05, 3.63) is 59.7 Å². The van der Waals surface area contributed by atoms with Crippen LogP contribution in [0.5, 0.6) is 0 Å². The third-order valence-corrected chi connectivity index (χ3v) is 2.54. The van der Waals surface area contributed by atoms with E-state index in [1.807, 2.05) is 18.6 Å². The molecular weight excluding hydrogens is 172 g/mol. The van der Waals surface area contributed by atoms with E-state index in [1.165, 1.54) is 11.1 Å². The number of hydrogen-bond donors (Lipinski definition) is 0. The summed E-state index contributed by atoms with van der Waals surface area (Å²) in [5.74, 6) is 0. The van der Waals surface area contributed by atoms with Crippen molar-refractivity contribution in [1.29, 1.82) is 0 Å². The first-order valence-electron chi connectivity index (χ1n) is 4.71. The normalized spacial score (nSPS) is 22.3. The second-order valence-electron chi connectivity index (χ2n) is 3.46. The zero-order valence-electron chi connectivity index (χ0n) is 7.72. The summed E-state index contributed by atoms with van der Waals surface area (Å²) in [6, 6.07) is 0. The van der Waals surface area contributed by atoms with Gasteiger partial charge in [-0.25, -0.2) is 0 Å². The van der Waals surface area contributed by atoms with Crippen LogP contribution in [0.3, 0.4) is 0 Å². The number of hydrogen-bond acceptors (Lipinski definition) is 2. The molecular formula is C12H10N2. The Morgan fingerprint density at radius 2 is 2.36 bits per heavy atom. The van der Waals surface area contributed by atoms with Gasteiger partial charge in [0.05, 0.1) is 11.9 Å². The fourth-order valence-electron chi connectivity index (χ4n) is 1.80. The van der Waals surface area contributed by atoms with Crippen molar-refractivity contribution >= 4 is 6.21 Å². The van der Waals surface area contributed by atoms with Crippen LogP contribution in [0, 0.1) is 0 Å². The maximum atomic E-state index is 4.11. The smallest absolute Gasteiger partial charge is 0.0639 e. The number of allylic oxidation sites excluding steroid dienone is 7. The van der Waals surface area contributed by atoms with E-state index in [-0.39, 0.29) is 0 Å². The Morgan fingerprint density at radius 1 is 1.36 bits per heavy atom. The van der Waals surface area contributed by atoms with Gasteiger partial charge in [-0.2, -0.15) is 0 Å². The molecule has 0 unspecified atom stereocenters. The van der Waals surface area contributed by atoms with Crippen molar-refractivity contribution in [2.24, 2.45) is 4.99 Å². The van der Waals surface area contributed by atoms with Crippen LogP contribution in [0.2, 0.25) is 0 Å². The van der Waals surface area contributed by atoms with Gasteiger partial charge in [0.25, 0.3) is 0 Å². The lowest BCUT2D eigenvalue weighted by Crippen LogP contribution is -2.18. The van der Waals surface area contributed by atoms with Crippen LogP contribution in [0.15, 0.2) is 64.7 Å². The summed E-state index contributed by atoms with van der Waals surface area (Å²) in [5.41, 5.74) is 3.81. The third kappa shape index (κ3) is 1.08. The maximum Gasteiger partial charge on any atom is 0.0639 e. The Kier molecular flexibility index (Phi) is 1.53. The number of aliphatic imine (C=N–C) groups is 1. The zero-order valence-corrected chi connectivity index (χ0v) is 7.72. The molecule has 0 amide bonds. The minimum Gasteiger partial charge on any atom is -0.321 e. The molecule has 0 aromatic heterocycles. The molecule has 3 aliphatic rings. The van der Waals surface area contributed by atoms with Crippen LogP contribution in [-0.4, -0.2) is 11.1 Å². The molecule has 3 rings (SSSR count). The lowest BCUT2D eigenvalue weighted by atomic mass is 9.95. The van der Waals surface area contributed by atoms with Crippen LogP contribution >= 0.6 is 0 Å². The fourth-order valence-corrected chi connectivity index (χ4v) is 1.80. The van der Waals surface area contributed by atoms with Gasteiger partial charge in [-0.15, -0.1) is 0 Å². The SMILES string of the molecule is C1=CCC2=CN3C=CN=CC3=CC2=C1. The summed E-state index contributed by atoms with van der Waals surface area (Å²) in [5, 5.41) is 0. The molecule has 0 radical (unpaired) electrons. The van der Waals surface area contributed by atoms with E-state index in [1.54, 1.807) is 0 Å². The van der Waals surface area contributed by atoms with E-state index in [0.29, 0.717) is 0 Å². The molecule has 2 aliphatic heterocycles. The average molecular weight is 182 g/mol. The largest absolute Gasteiger partial charge is 0.321 e. The highest BCUT2D eigenvalue weighted by atomic mass is 15.1. The highest BCUT2D eigenvalue weighted by Crippen LogP contribution is 2.28. The minimum atomic E-state index is 1.02. The number of rotatable bonds is 0. The van der Waals surface area contributed by atoms with Gasteiger partial charge in [-0.05, 0) is 23.6 Å². The van der Waals surface area contributed by atoms with Crippen molar-refractivity contribution in [2.45, 2.75) is 6.42 Å². The average Bonchev–Trinajstić information content (AvgIpc) is 2.26. The van der Waals surface area contributed by atoms with Crippen molar-refractivity contribution in [3.63, 3.8) is 0 Å². The van der Waals surface area contributed by atoms with Crippen molar-refractivity contribution < 1.29 is 0 Å². The minimum absolute atomic E-state index is 1.02. The van der Waals surface area contributed by atoms with E-state index in [4.69, 9.17) is 0 Å². The Balaban J connectivity index is 2.08. The van der Waals surface area contributed by atoms with Gasteiger partial charge >= 0.3 is 0 Å². The summed E-state index contributed by atoms with van der Waals surface area (Å²) in [6.07, 6.45) is 17.5. The van der Waals surface area contributed by atoms with Crippen molar-refractivity contribution in [1.82, 2.24) is 4.90 Å². The molecule has 0 saturated heterocycles. The predicted octanol–water partition coefficient (Wildman–Crippen LogP) is 2.51. The Morgan fingerprint density at radius 3 is 3.36 bits per heavy atom. The molecule has 0 aromatic rings. The number of fused-ring (bicyclic) bond motifs is 2. The lowest BCUT2D eigenvalue weighted by molar-refractivity contribution is 0.640. The van der Waals surface area contributed by atoms with Crippen LogP contribution in [0.25, 0.3) is 0 Å². The van der Waals surface area contributed by atoms with Crippen LogP contribution < -0.4 is 0 Å². The van der Waals surface area contributed by atoms with Gasteiger partial charge < -0.3 is 4.90 Å². The first kappa shape index (κ1) is 7.56. The van der Waals surface area contributed by atoms with Gasteiger partial charge in [0.1, 0.15) is 0 Å². The second-order valence-corrected chi connectivity index (χ2v) is 3.46. The molecule has 0 aromatic carbocycles. The third-order valence-electron chi connectivity index (χ3n) is 2.54. The summed E-state index contributed by atoms with van der Waals surface area (Å²) in [4.78, 5) is 6.22. The van der Waals surface area contributed by atoms with Crippen LogP contribution in [0.4, 0.5) is 0 Å². The second kappa shape index (κ2) is 2.84. The van der Waals surface area contributed by atoms with Gasteiger partial charge in [0, 0.05) is 18.6 Å². The molecule has 1 aliphatic carbocycles. The molecule has 68 valence electrons. The quantitative estimate of drug-likeness (QED) is 0.562. The van der Waals surface area contributed by atoms with E-state index in [2.05, 4.69) is 40.4 Å². The number of nitrogens with zero attached hydrogens (tertiary/aromatic N) is 2. The monoisotopic (exact) mass is 182 g/mol. The highest BCUT2D eigenvalue weighted by molar-refractivity contribution is 5.82. The standard InChI is InChI=1S/C12H10N2/c1-2-4-11-9-14-6-5-13-8-12(14)7-10(11)3-1/h1-3,5-9H,4H2. The van der Waals surface area contributed by atoms with Crippen LogP contribution in [-0.2, 0) is 0 Å². The lowest BCUT2D eigenvalue weighted by Gasteiger charge is -2.26.